The highest BCUT2D eigenvalue weighted by atomic mass is 79.9. The van der Waals surface area contributed by atoms with E-state index in [0.29, 0.717) is 29.3 Å². The van der Waals surface area contributed by atoms with E-state index in [4.69, 9.17) is 4.74 Å². The summed E-state index contributed by atoms with van der Waals surface area (Å²) in [6.45, 7) is 0.533. The number of carbonyl (C=O) groups excluding carboxylic acids is 1. The van der Waals surface area contributed by atoms with E-state index < -0.39 is 0 Å². The van der Waals surface area contributed by atoms with E-state index in [1.807, 2.05) is 30.5 Å². The highest BCUT2D eigenvalue weighted by Crippen LogP contribution is 2.17. The molecule has 2 heterocycles. The zero-order valence-electron chi connectivity index (χ0n) is 14.4. The summed E-state index contributed by atoms with van der Waals surface area (Å²) in [7, 11) is 1.37. The summed E-state index contributed by atoms with van der Waals surface area (Å²) < 4.78 is 6.47. The molecule has 0 bridgehead atoms. The topological polar surface area (TPSA) is 61.2 Å². The second kappa shape index (κ2) is 8.27. The van der Waals surface area contributed by atoms with Crippen molar-refractivity contribution in [3.8, 4) is 0 Å². The fraction of sp³-hybridized carbons (Fsp3) is 0.250. The molecule has 6 heteroatoms. The number of fused-ring (bicyclic) bond motifs is 1. The number of nitrogens with zero attached hydrogens (tertiary/aromatic N) is 2. The Bertz CT molecular complexity index is 986. The van der Waals surface area contributed by atoms with Gasteiger partial charge in [-0.15, -0.1) is 0 Å². The highest BCUT2D eigenvalue weighted by molar-refractivity contribution is 9.08. The Balaban J connectivity index is 1.81. The van der Waals surface area contributed by atoms with E-state index >= 15 is 0 Å². The molecule has 5 nitrogen and oxygen atoms in total. The lowest BCUT2D eigenvalue weighted by atomic mass is 10.1. The lowest BCUT2D eigenvalue weighted by Gasteiger charge is -2.09. The van der Waals surface area contributed by atoms with Gasteiger partial charge in [-0.1, -0.05) is 34.2 Å². The Morgan fingerprint density at radius 3 is 3.04 bits per heavy atom. The lowest BCUT2D eigenvalue weighted by molar-refractivity contribution is -0.135. The number of hydrogen-bond acceptors (Lipinski definition) is 4. The van der Waals surface area contributed by atoms with Gasteiger partial charge in [-0.25, -0.2) is 4.79 Å². The number of methoxy groups -OCH3 is 1. The number of aromatic nitrogens is 2. The van der Waals surface area contributed by atoms with Gasteiger partial charge in [0.05, 0.1) is 23.8 Å². The second-order valence-corrected chi connectivity index (χ2v) is 6.53. The van der Waals surface area contributed by atoms with Gasteiger partial charge in [0.1, 0.15) is 0 Å². The van der Waals surface area contributed by atoms with Gasteiger partial charge in [-0.05, 0) is 42.0 Å². The van der Waals surface area contributed by atoms with Crippen LogP contribution in [-0.4, -0.2) is 22.6 Å². The van der Waals surface area contributed by atoms with Crippen LogP contribution in [0.25, 0.3) is 10.8 Å². The Kier molecular flexibility index (Phi) is 5.83. The lowest BCUT2D eigenvalue weighted by Crippen LogP contribution is -2.20. The largest absolute Gasteiger partial charge is 0.465 e. The van der Waals surface area contributed by atoms with Crippen LogP contribution in [-0.2, 0) is 21.4 Å². The third-order valence-corrected chi connectivity index (χ3v) is 4.85. The number of rotatable bonds is 5. The average Bonchev–Trinajstić information content (AvgIpc) is 2.92. The van der Waals surface area contributed by atoms with Crippen LogP contribution in [0.3, 0.4) is 0 Å². The molecule has 2 aromatic rings. The second-order valence-electron chi connectivity index (χ2n) is 5.97. The first-order valence-corrected chi connectivity index (χ1v) is 9.44. The average molecular weight is 415 g/mol. The molecule has 2 aromatic heterocycles. The molecule has 0 radical (unpaired) electrons. The van der Waals surface area contributed by atoms with Gasteiger partial charge in [0, 0.05) is 24.3 Å². The normalized spacial score (nSPS) is 13.9. The molecule has 0 aliphatic heterocycles. The van der Waals surface area contributed by atoms with Crippen LogP contribution in [0, 0.1) is 0 Å². The van der Waals surface area contributed by atoms with Crippen LogP contribution >= 0.6 is 15.9 Å². The van der Waals surface area contributed by atoms with Crippen LogP contribution < -0.4 is 5.56 Å². The molecular formula is C20H19BrN2O3. The maximum absolute atomic E-state index is 12.7. The number of pyridine rings is 2. The predicted octanol–water partition coefficient (Wildman–Crippen LogP) is 3.67. The molecule has 134 valence electrons. The van der Waals surface area contributed by atoms with Gasteiger partial charge in [0.2, 0.25) is 0 Å². The maximum Gasteiger partial charge on any atom is 0.337 e. The van der Waals surface area contributed by atoms with Gasteiger partial charge < -0.3 is 9.30 Å². The Labute approximate surface area is 159 Å². The third-order valence-electron chi connectivity index (χ3n) is 4.27. The molecule has 1 aliphatic rings. The molecule has 26 heavy (non-hydrogen) atoms. The van der Waals surface area contributed by atoms with Crippen LogP contribution in [0.4, 0.5) is 0 Å². The van der Waals surface area contributed by atoms with E-state index in [9.17, 15) is 9.59 Å². The number of carbonyl (C=O) groups is 1. The minimum absolute atomic E-state index is 0.0550. The number of ether oxygens (including phenoxy) is 1. The molecule has 0 spiro atoms. The van der Waals surface area contributed by atoms with Crippen molar-refractivity contribution < 1.29 is 9.53 Å². The van der Waals surface area contributed by atoms with Crippen molar-refractivity contribution in [2.75, 3.05) is 7.11 Å². The predicted molar refractivity (Wildman–Crippen MR) is 105 cm³/mol. The molecule has 0 fully saturated rings. The molecule has 0 amide bonds. The van der Waals surface area contributed by atoms with E-state index in [2.05, 4.69) is 27.0 Å². The summed E-state index contributed by atoms with van der Waals surface area (Å²) in [5.41, 5.74) is 2.37. The minimum Gasteiger partial charge on any atom is -0.465 e. The fourth-order valence-electron chi connectivity index (χ4n) is 2.86. The van der Waals surface area contributed by atoms with Crippen molar-refractivity contribution >= 4 is 32.7 Å². The van der Waals surface area contributed by atoms with Gasteiger partial charge >= 0.3 is 5.97 Å². The SMILES string of the molecule is COC(=O)C1=CC(CCn2ccc3cc(CBr)ncc3c2=O)=CCC=C1. The van der Waals surface area contributed by atoms with Gasteiger partial charge in [-0.2, -0.15) is 0 Å². The summed E-state index contributed by atoms with van der Waals surface area (Å²) in [6.07, 6.45) is 12.4. The zero-order valence-corrected chi connectivity index (χ0v) is 16.0. The number of alkyl halides is 1. The minimum atomic E-state index is -0.356. The van der Waals surface area contributed by atoms with E-state index in [1.54, 1.807) is 16.8 Å². The molecule has 1 aliphatic carbocycles. The van der Waals surface area contributed by atoms with Crippen molar-refractivity contribution in [3.05, 3.63) is 76.0 Å². The van der Waals surface area contributed by atoms with Crippen molar-refractivity contribution in [2.45, 2.75) is 24.7 Å². The first kappa shape index (κ1) is 18.3. The standard InChI is InChI=1S/C20H19BrN2O3/c1-26-20(25)16-5-3-2-4-14(10-16)6-8-23-9-7-15-11-17(12-21)22-13-18(15)19(23)24/h3-5,7,9-11,13H,2,6,8,12H2,1H3. The molecule has 0 aromatic carbocycles. The number of halogens is 1. The Morgan fingerprint density at radius 1 is 1.42 bits per heavy atom. The van der Waals surface area contributed by atoms with E-state index in [-0.39, 0.29) is 11.5 Å². The first-order valence-electron chi connectivity index (χ1n) is 8.32. The maximum atomic E-state index is 12.7. The molecule has 0 atom stereocenters. The summed E-state index contributed by atoms with van der Waals surface area (Å²) >= 11 is 3.38. The van der Waals surface area contributed by atoms with Crippen LogP contribution in [0.2, 0.25) is 0 Å². The number of esters is 1. The van der Waals surface area contributed by atoms with Crippen LogP contribution in [0.5, 0.6) is 0 Å². The van der Waals surface area contributed by atoms with Gasteiger partial charge in [0.15, 0.2) is 0 Å². The van der Waals surface area contributed by atoms with Crippen LogP contribution in [0.1, 0.15) is 18.5 Å². The number of hydrogen-bond donors (Lipinski definition) is 0. The highest BCUT2D eigenvalue weighted by Gasteiger charge is 2.10. The van der Waals surface area contributed by atoms with E-state index in [0.717, 1.165) is 23.1 Å². The summed E-state index contributed by atoms with van der Waals surface area (Å²) in [5, 5.41) is 2.16. The van der Waals surface area contributed by atoms with Gasteiger partial charge in [0.25, 0.3) is 5.56 Å². The monoisotopic (exact) mass is 414 g/mol. The molecule has 0 N–H and O–H groups in total. The Hall–Kier alpha value is -2.47. The molecular weight excluding hydrogens is 396 g/mol. The van der Waals surface area contributed by atoms with Gasteiger partial charge in [-0.3, -0.25) is 9.78 Å². The summed E-state index contributed by atoms with van der Waals surface area (Å²) in [4.78, 5) is 28.7. The smallest absolute Gasteiger partial charge is 0.337 e. The first-order chi connectivity index (χ1) is 12.6. The molecule has 3 rings (SSSR count). The molecule has 0 saturated carbocycles. The number of aryl methyl sites for hydroxylation is 1. The molecule has 0 saturated heterocycles. The van der Waals surface area contributed by atoms with E-state index in [1.165, 1.54) is 7.11 Å². The van der Waals surface area contributed by atoms with Crippen molar-refractivity contribution in [1.82, 2.24) is 9.55 Å². The summed E-state index contributed by atoms with van der Waals surface area (Å²) in [6, 6.07) is 3.85. The van der Waals surface area contributed by atoms with Crippen molar-refractivity contribution in [3.63, 3.8) is 0 Å². The number of allylic oxidation sites excluding steroid dienone is 4. The summed E-state index contributed by atoms with van der Waals surface area (Å²) in [5.74, 6) is -0.356. The fourth-order valence-corrected chi connectivity index (χ4v) is 3.17. The Morgan fingerprint density at radius 2 is 2.27 bits per heavy atom. The van der Waals surface area contributed by atoms with Crippen molar-refractivity contribution in [2.24, 2.45) is 0 Å². The third kappa shape index (κ3) is 4.02. The quantitative estimate of drug-likeness (QED) is 0.553. The van der Waals surface area contributed by atoms with Crippen LogP contribution in [0.15, 0.2) is 64.8 Å². The van der Waals surface area contributed by atoms with Crippen molar-refractivity contribution in [1.29, 1.82) is 0 Å². The zero-order chi connectivity index (χ0) is 18.5. The molecule has 0 unspecified atom stereocenters.